The van der Waals surface area contributed by atoms with Gasteiger partial charge in [-0.2, -0.15) is 0 Å². The molecule has 1 aromatic rings. The minimum atomic E-state index is -0.421. The molecule has 0 saturated heterocycles. The van der Waals surface area contributed by atoms with E-state index in [2.05, 4.69) is 23.9 Å². The predicted octanol–water partition coefficient (Wildman–Crippen LogP) is 2.76. The van der Waals surface area contributed by atoms with Gasteiger partial charge in [-0.1, -0.05) is 13.8 Å². The molecule has 4 nitrogen and oxygen atoms in total. The van der Waals surface area contributed by atoms with E-state index in [-0.39, 0.29) is 11.8 Å². The van der Waals surface area contributed by atoms with Gasteiger partial charge >= 0.3 is 5.97 Å². The molecular weight excluding hydrogens is 230 g/mol. The Kier molecular flexibility index (Phi) is 4.07. The van der Waals surface area contributed by atoms with Crippen molar-refractivity contribution in [3.8, 4) is 0 Å². The maximum absolute atomic E-state index is 11.4. The summed E-state index contributed by atoms with van der Waals surface area (Å²) in [6.45, 7) is 5.21. The molecule has 1 aliphatic rings. The molecule has 0 radical (unpaired) electrons. The molecule has 1 aromatic heterocycles. The Bertz CT molecular complexity index is 409. The van der Waals surface area contributed by atoms with Gasteiger partial charge in [0, 0.05) is 0 Å². The van der Waals surface area contributed by atoms with Crippen molar-refractivity contribution < 1.29 is 13.9 Å². The number of hydrogen-bond acceptors (Lipinski definition) is 4. The standard InChI is InChI=1S/C14H21NO3/c1-4-15-13(9(2)10-5-6-10)11-7-8-12(18-11)14(16)17-3/h7-10,13,15H,4-6H2,1-3H3. The van der Waals surface area contributed by atoms with E-state index in [1.165, 1.54) is 20.0 Å². The fourth-order valence-corrected chi connectivity index (χ4v) is 2.39. The van der Waals surface area contributed by atoms with Gasteiger partial charge in [0.25, 0.3) is 0 Å². The number of ether oxygens (including phenoxy) is 1. The highest BCUT2D eigenvalue weighted by molar-refractivity contribution is 5.86. The normalized spacial score (nSPS) is 18.4. The highest BCUT2D eigenvalue weighted by atomic mass is 16.5. The van der Waals surface area contributed by atoms with Crippen LogP contribution in [-0.4, -0.2) is 19.6 Å². The zero-order chi connectivity index (χ0) is 13.1. The molecule has 2 atom stereocenters. The second kappa shape index (κ2) is 5.57. The van der Waals surface area contributed by atoms with Gasteiger partial charge in [0.1, 0.15) is 5.76 Å². The fraction of sp³-hybridized carbons (Fsp3) is 0.643. The number of carbonyl (C=O) groups is 1. The predicted molar refractivity (Wildman–Crippen MR) is 68.4 cm³/mol. The molecule has 0 spiro atoms. The zero-order valence-corrected chi connectivity index (χ0v) is 11.2. The van der Waals surface area contributed by atoms with E-state index in [1.807, 2.05) is 6.07 Å². The number of rotatable bonds is 6. The molecule has 0 bridgehead atoms. The lowest BCUT2D eigenvalue weighted by Crippen LogP contribution is -2.27. The van der Waals surface area contributed by atoms with Crippen molar-refractivity contribution in [2.45, 2.75) is 32.7 Å². The van der Waals surface area contributed by atoms with E-state index < -0.39 is 5.97 Å². The van der Waals surface area contributed by atoms with Crippen LogP contribution in [0.25, 0.3) is 0 Å². The van der Waals surface area contributed by atoms with Crippen LogP contribution in [0.3, 0.4) is 0 Å². The third-order valence-corrected chi connectivity index (χ3v) is 3.64. The average molecular weight is 251 g/mol. The highest BCUT2D eigenvalue weighted by Gasteiger charge is 2.35. The quantitative estimate of drug-likeness (QED) is 0.790. The Morgan fingerprint density at radius 2 is 2.28 bits per heavy atom. The highest BCUT2D eigenvalue weighted by Crippen LogP contribution is 2.42. The van der Waals surface area contributed by atoms with Crippen molar-refractivity contribution in [1.29, 1.82) is 0 Å². The molecule has 1 heterocycles. The monoisotopic (exact) mass is 251 g/mol. The number of nitrogens with one attached hydrogen (secondary N) is 1. The second-order valence-corrected chi connectivity index (χ2v) is 4.93. The van der Waals surface area contributed by atoms with Gasteiger partial charge in [-0.3, -0.25) is 0 Å². The van der Waals surface area contributed by atoms with Gasteiger partial charge < -0.3 is 14.5 Å². The Hall–Kier alpha value is -1.29. The van der Waals surface area contributed by atoms with Crippen molar-refractivity contribution in [3.05, 3.63) is 23.7 Å². The minimum absolute atomic E-state index is 0.181. The molecule has 1 saturated carbocycles. The lowest BCUT2D eigenvalue weighted by molar-refractivity contribution is 0.0561. The Morgan fingerprint density at radius 1 is 1.56 bits per heavy atom. The zero-order valence-electron chi connectivity index (χ0n) is 11.2. The van der Waals surface area contributed by atoms with Crippen LogP contribution in [0.2, 0.25) is 0 Å². The summed E-state index contributed by atoms with van der Waals surface area (Å²) < 4.78 is 10.3. The molecule has 1 N–H and O–H groups in total. The van der Waals surface area contributed by atoms with Gasteiger partial charge in [-0.25, -0.2) is 4.79 Å². The van der Waals surface area contributed by atoms with E-state index >= 15 is 0 Å². The van der Waals surface area contributed by atoms with E-state index in [1.54, 1.807) is 6.07 Å². The summed E-state index contributed by atoms with van der Waals surface area (Å²) in [6.07, 6.45) is 2.60. The van der Waals surface area contributed by atoms with E-state index in [4.69, 9.17) is 4.42 Å². The first-order valence-corrected chi connectivity index (χ1v) is 6.58. The first kappa shape index (κ1) is 13.1. The number of methoxy groups -OCH3 is 1. The summed E-state index contributed by atoms with van der Waals surface area (Å²) in [5, 5.41) is 3.44. The number of hydrogen-bond donors (Lipinski definition) is 1. The summed E-state index contributed by atoms with van der Waals surface area (Å²) >= 11 is 0. The van der Waals surface area contributed by atoms with Gasteiger partial charge in [0.15, 0.2) is 0 Å². The van der Waals surface area contributed by atoms with Crippen LogP contribution < -0.4 is 5.32 Å². The van der Waals surface area contributed by atoms with Crippen molar-refractivity contribution >= 4 is 5.97 Å². The largest absolute Gasteiger partial charge is 0.463 e. The van der Waals surface area contributed by atoms with Crippen molar-refractivity contribution in [2.75, 3.05) is 13.7 Å². The molecule has 0 aliphatic heterocycles. The van der Waals surface area contributed by atoms with Crippen LogP contribution in [0.1, 0.15) is 49.0 Å². The van der Waals surface area contributed by atoms with Crippen LogP contribution in [0, 0.1) is 11.8 Å². The molecule has 1 fully saturated rings. The Labute approximate surface area is 108 Å². The lowest BCUT2D eigenvalue weighted by Gasteiger charge is -2.22. The lowest BCUT2D eigenvalue weighted by atomic mass is 9.94. The third kappa shape index (κ3) is 2.75. The maximum atomic E-state index is 11.4. The fourth-order valence-electron chi connectivity index (χ4n) is 2.39. The molecule has 4 heteroatoms. The smallest absolute Gasteiger partial charge is 0.373 e. The maximum Gasteiger partial charge on any atom is 0.373 e. The van der Waals surface area contributed by atoms with E-state index in [9.17, 15) is 4.79 Å². The Balaban J connectivity index is 2.14. The summed E-state index contributed by atoms with van der Waals surface area (Å²) in [5.74, 6) is 1.99. The van der Waals surface area contributed by atoms with E-state index in [0.717, 1.165) is 18.2 Å². The van der Waals surface area contributed by atoms with Crippen molar-refractivity contribution in [1.82, 2.24) is 5.32 Å². The van der Waals surface area contributed by atoms with Crippen LogP contribution >= 0.6 is 0 Å². The van der Waals surface area contributed by atoms with Crippen LogP contribution in [0.15, 0.2) is 16.5 Å². The molecular formula is C14H21NO3. The van der Waals surface area contributed by atoms with Gasteiger partial charge in [-0.05, 0) is 43.4 Å². The molecule has 0 amide bonds. The minimum Gasteiger partial charge on any atom is -0.463 e. The molecule has 2 unspecified atom stereocenters. The van der Waals surface area contributed by atoms with E-state index in [0.29, 0.717) is 5.92 Å². The van der Waals surface area contributed by atoms with Crippen molar-refractivity contribution in [2.24, 2.45) is 11.8 Å². The topological polar surface area (TPSA) is 51.5 Å². The summed E-state index contributed by atoms with van der Waals surface area (Å²) in [4.78, 5) is 11.4. The van der Waals surface area contributed by atoms with Gasteiger partial charge in [0.2, 0.25) is 5.76 Å². The van der Waals surface area contributed by atoms with Gasteiger partial charge in [-0.15, -0.1) is 0 Å². The molecule has 1 aliphatic carbocycles. The summed E-state index contributed by atoms with van der Waals surface area (Å²) in [5.41, 5.74) is 0. The molecule has 18 heavy (non-hydrogen) atoms. The van der Waals surface area contributed by atoms with Crippen LogP contribution in [0.5, 0.6) is 0 Å². The van der Waals surface area contributed by atoms with Crippen molar-refractivity contribution in [3.63, 3.8) is 0 Å². The number of esters is 1. The molecule has 2 rings (SSSR count). The Morgan fingerprint density at radius 3 is 2.83 bits per heavy atom. The average Bonchev–Trinajstić information content (AvgIpc) is 3.12. The van der Waals surface area contributed by atoms with Crippen LogP contribution in [0.4, 0.5) is 0 Å². The second-order valence-electron chi connectivity index (χ2n) is 4.93. The summed E-state index contributed by atoms with van der Waals surface area (Å²) in [6, 6.07) is 3.74. The van der Waals surface area contributed by atoms with Gasteiger partial charge in [0.05, 0.1) is 13.2 Å². The third-order valence-electron chi connectivity index (χ3n) is 3.64. The first-order chi connectivity index (χ1) is 8.67. The van der Waals surface area contributed by atoms with Crippen LogP contribution in [-0.2, 0) is 4.74 Å². The first-order valence-electron chi connectivity index (χ1n) is 6.58. The molecule has 100 valence electrons. The number of carbonyl (C=O) groups excluding carboxylic acids is 1. The SMILES string of the molecule is CCNC(c1ccc(C(=O)OC)o1)C(C)C1CC1. The molecule has 0 aromatic carbocycles. The number of furan rings is 1. The summed E-state index contributed by atoms with van der Waals surface area (Å²) in [7, 11) is 1.36.